The number of hydrogen-bond donors (Lipinski definition) is 1. The van der Waals surface area contributed by atoms with E-state index in [0.717, 1.165) is 40.3 Å². The first kappa shape index (κ1) is 13.0. The number of thiazole rings is 1. The summed E-state index contributed by atoms with van der Waals surface area (Å²) < 4.78 is 0. The molecular weight excluding hydrogens is 230 g/mol. The smallest absolute Gasteiger partial charge is 0.0928 e. The second-order valence-corrected chi connectivity index (χ2v) is 6.89. The average Bonchev–Trinajstić information content (AvgIpc) is 2.61. The maximum Gasteiger partial charge on any atom is 0.0928 e. The lowest BCUT2D eigenvalue weighted by Crippen LogP contribution is -2.25. The van der Waals surface area contributed by atoms with Crippen molar-refractivity contribution in [1.82, 2.24) is 4.98 Å². The van der Waals surface area contributed by atoms with E-state index in [9.17, 15) is 5.11 Å². The van der Waals surface area contributed by atoms with Gasteiger partial charge in [0.25, 0.3) is 0 Å². The van der Waals surface area contributed by atoms with E-state index in [4.69, 9.17) is 0 Å². The van der Waals surface area contributed by atoms with Crippen LogP contribution in [0.1, 0.15) is 54.8 Å². The van der Waals surface area contributed by atoms with Crippen molar-refractivity contribution in [2.75, 3.05) is 0 Å². The van der Waals surface area contributed by atoms with Crippen LogP contribution in [0.2, 0.25) is 0 Å². The summed E-state index contributed by atoms with van der Waals surface area (Å²) in [4.78, 5) is 5.51. The van der Waals surface area contributed by atoms with Gasteiger partial charge in [-0.2, -0.15) is 0 Å². The van der Waals surface area contributed by atoms with Crippen LogP contribution < -0.4 is 0 Å². The van der Waals surface area contributed by atoms with Crippen LogP contribution in [-0.2, 0) is 0 Å². The van der Waals surface area contributed by atoms with Gasteiger partial charge in [-0.3, -0.25) is 0 Å². The number of aliphatic hydroxyl groups is 1. The Kier molecular flexibility index (Phi) is 3.88. The first-order valence-corrected chi connectivity index (χ1v) is 7.42. The lowest BCUT2D eigenvalue weighted by Gasteiger charge is -2.34. The van der Waals surface area contributed by atoms with Crippen molar-refractivity contribution in [2.45, 2.75) is 53.1 Å². The first-order chi connectivity index (χ1) is 7.99. The van der Waals surface area contributed by atoms with Crippen molar-refractivity contribution in [2.24, 2.45) is 17.8 Å². The van der Waals surface area contributed by atoms with Crippen LogP contribution in [0.25, 0.3) is 0 Å². The van der Waals surface area contributed by atoms with Gasteiger partial charge in [0.05, 0.1) is 21.7 Å². The number of hydrogen-bond acceptors (Lipinski definition) is 3. The zero-order valence-electron chi connectivity index (χ0n) is 11.2. The summed E-state index contributed by atoms with van der Waals surface area (Å²) in [5.74, 6) is 1.97. The summed E-state index contributed by atoms with van der Waals surface area (Å²) in [5, 5.41) is 11.6. The molecule has 0 aromatic carbocycles. The fourth-order valence-electron chi connectivity index (χ4n) is 2.91. The highest BCUT2D eigenvalue weighted by molar-refractivity contribution is 7.11. The molecule has 1 aliphatic rings. The zero-order chi connectivity index (χ0) is 12.6. The Bertz CT molecular complexity index is 388. The van der Waals surface area contributed by atoms with Crippen molar-refractivity contribution in [1.29, 1.82) is 0 Å². The Morgan fingerprint density at radius 2 is 1.94 bits per heavy atom. The minimum atomic E-state index is -0.295. The number of nitrogens with zero attached hydrogens (tertiary/aromatic N) is 1. The topological polar surface area (TPSA) is 33.1 Å². The second kappa shape index (κ2) is 5.07. The van der Waals surface area contributed by atoms with Gasteiger partial charge in [0.1, 0.15) is 0 Å². The largest absolute Gasteiger partial charge is 0.387 e. The Hall–Kier alpha value is -0.410. The molecule has 2 rings (SSSR count). The lowest BCUT2D eigenvalue weighted by molar-refractivity contribution is 0.0580. The van der Waals surface area contributed by atoms with E-state index < -0.39 is 0 Å². The van der Waals surface area contributed by atoms with Gasteiger partial charge in [-0.1, -0.05) is 20.3 Å². The Labute approximate surface area is 108 Å². The molecule has 1 heterocycles. The normalized spacial score (nSPS) is 31.5. The molecule has 0 amide bonds. The molecule has 4 atom stereocenters. The molecule has 0 spiro atoms. The van der Waals surface area contributed by atoms with Crippen molar-refractivity contribution in [3.8, 4) is 0 Å². The Morgan fingerprint density at radius 1 is 1.24 bits per heavy atom. The Morgan fingerprint density at radius 3 is 2.47 bits per heavy atom. The molecule has 1 fully saturated rings. The predicted octanol–water partition coefficient (Wildman–Crippen LogP) is 3.87. The fourth-order valence-corrected chi connectivity index (χ4v) is 3.92. The quantitative estimate of drug-likeness (QED) is 0.868. The number of aromatic nitrogens is 1. The molecule has 1 saturated carbocycles. The van der Waals surface area contributed by atoms with E-state index in [2.05, 4.69) is 18.8 Å². The highest BCUT2D eigenvalue weighted by Gasteiger charge is 2.31. The van der Waals surface area contributed by atoms with Gasteiger partial charge < -0.3 is 5.11 Å². The third-order valence-electron chi connectivity index (χ3n) is 4.29. The molecule has 2 nitrogen and oxygen atoms in total. The highest BCUT2D eigenvalue weighted by atomic mass is 32.1. The SMILES string of the molecule is Cc1nc(C)c(C(O)C2CCC(C)C(C)C2)s1. The summed E-state index contributed by atoms with van der Waals surface area (Å²) in [5.41, 5.74) is 1.02. The van der Waals surface area contributed by atoms with Crippen LogP contribution in [0.5, 0.6) is 0 Å². The molecule has 3 heteroatoms. The molecule has 0 radical (unpaired) electrons. The van der Waals surface area contributed by atoms with Crippen LogP contribution >= 0.6 is 11.3 Å². The molecule has 1 aliphatic carbocycles. The third-order valence-corrected chi connectivity index (χ3v) is 5.44. The van der Waals surface area contributed by atoms with Crippen LogP contribution in [0.15, 0.2) is 0 Å². The standard InChI is InChI=1S/C14H23NOS/c1-8-5-6-12(7-9(8)2)13(16)14-10(3)15-11(4)17-14/h8-9,12-13,16H,5-7H2,1-4H3. The van der Waals surface area contributed by atoms with E-state index in [0.29, 0.717) is 5.92 Å². The van der Waals surface area contributed by atoms with Crippen molar-refractivity contribution in [3.05, 3.63) is 15.6 Å². The van der Waals surface area contributed by atoms with E-state index in [1.54, 1.807) is 11.3 Å². The van der Waals surface area contributed by atoms with Gasteiger partial charge >= 0.3 is 0 Å². The number of aliphatic hydroxyl groups excluding tert-OH is 1. The molecule has 96 valence electrons. The molecule has 0 bridgehead atoms. The molecule has 17 heavy (non-hydrogen) atoms. The van der Waals surface area contributed by atoms with Crippen LogP contribution in [-0.4, -0.2) is 10.1 Å². The maximum absolute atomic E-state index is 10.5. The zero-order valence-corrected chi connectivity index (χ0v) is 12.0. The van der Waals surface area contributed by atoms with Crippen LogP contribution in [0.3, 0.4) is 0 Å². The summed E-state index contributed by atoms with van der Waals surface area (Å²) in [6.07, 6.45) is 3.26. The van der Waals surface area contributed by atoms with Crippen molar-refractivity contribution >= 4 is 11.3 Å². The van der Waals surface area contributed by atoms with Gasteiger partial charge in [-0.25, -0.2) is 4.98 Å². The summed E-state index contributed by atoms with van der Waals surface area (Å²) in [7, 11) is 0. The lowest BCUT2D eigenvalue weighted by atomic mass is 9.73. The van der Waals surface area contributed by atoms with Gasteiger partial charge in [0.15, 0.2) is 0 Å². The van der Waals surface area contributed by atoms with Gasteiger partial charge in [0.2, 0.25) is 0 Å². The molecule has 0 aliphatic heterocycles. The van der Waals surface area contributed by atoms with Crippen molar-refractivity contribution < 1.29 is 5.11 Å². The summed E-state index contributed by atoms with van der Waals surface area (Å²) >= 11 is 1.66. The van der Waals surface area contributed by atoms with E-state index in [1.807, 2.05) is 13.8 Å². The minimum absolute atomic E-state index is 0.295. The predicted molar refractivity (Wildman–Crippen MR) is 72.2 cm³/mol. The molecule has 4 unspecified atom stereocenters. The van der Waals surface area contributed by atoms with Gasteiger partial charge in [-0.05, 0) is 44.4 Å². The Balaban J connectivity index is 2.10. The van der Waals surface area contributed by atoms with E-state index >= 15 is 0 Å². The van der Waals surface area contributed by atoms with Crippen molar-refractivity contribution in [3.63, 3.8) is 0 Å². The van der Waals surface area contributed by atoms with E-state index in [-0.39, 0.29) is 6.10 Å². The summed E-state index contributed by atoms with van der Waals surface area (Å²) in [6, 6.07) is 0. The molecule has 1 N–H and O–H groups in total. The number of aryl methyl sites for hydroxylation is 2. The summed E-state index contributed by atoms with van der Waals surface area (Å²) in [6.45, 7) is 8.67. The number of rotatable bonds is 2. The fraction of sp³-hybridized carbons (Fsp3) is 0.786. The molecule has 1 aromatic rings. The first-order valence-electron chi connectivity index (χ1n) is 6.61. The highest BCUT2D eigenvalue weighted by Crippen LogP contribution is 2.41. The van der Waals surface area contributed by atoms with Crippen LogP contribution in [0.4, 0.5) is 0 Å². The molecule has 1 aromatic heterocycles. The van der Waals surface area contributed by atoms with Gasteiger partial charge in [0, 0.05) is 0 Å². The maximum atomic E-state index is 10.5. The van der Waals surface area contributed by atoms with Crippen LogP contribution in [0, 0.1) is 31.6 Å². The van der Waals surface area contributed by atoms with Gasteiger partial charge in [-0.15, -0.1) is 11.3 Å². The average molecular weight is 253 g/mol. The third kappa shape index (κ3) is 2.71. The molecule has 0 saturated heterocycles. The monoisotopic (exact) mass is 253 g/mol. The van der Waals surface area contributed by atoms with E-state index in [1.165, 1.54) is 6.42 Å². The molecular formula is C14H23NOS. The second-order valence-electron chi connectivity index (χ2n) is 5.66. The minimum Gasteiger partial charge on any atom is -0.387 e.